The smallest absolute Gasteiger partial charge is 0.241 e. The van der Waals surface area contributed by atoms with Crippen molar-refractivity contribution in [2.24, 2.45) is 0 Å². The second kappa shape index (κ2) is 9.78. The molecule has 2 rings (SSSR count). The molecule has 0 spiro atoms. The predicted molar refractivity (Wildman–Crippen MR) is 120 cm³/mol. The van der Waals surface area contributed by atoms with Crippen molar-refractivity contribution in [1.29, 1.82) is 0 Å². The van der Waals surface area contributed by atoms with E-state index in [0.717, 1.165) is 46.0 Å². The van der Waals surface area contributed by atoms with E-state index in [0.29, 0.717) is 12.2 Å². The van der Waals surface area contributed by atoms with Crippen LogP contribution in [-0.2, 0) is 21.4 Å². The minimum Gasteiger partial charge on any atom is -0.372 e. The quantitative estimate of drug-likeness (QED) is 0.680. The van der Waals surface area contributed by atoms with E-state index in [4.69, 9.17) is 0 Å². The zero-order valence-corrected chi connectivity index (χ0v) is 18.7. The van der Waals surface area contributed by atoms with Gasteiger partial charge < -0.3 is 10.2 Å². The van der Waals surface area contributed by atoms with Crippen molar-refractivity contribution in [3.8, 4) is 0 Å². The van der Waals surface area contributed by atoms with Crippen LogP contribution in [0.5, 0.6) is 0 Å². The highest BCUT2D eigenvalue weighted by molar-refractivity contribution is 7.92. The molecule has 7 heteroatoms. The molecule has 0 saturated carbocycles. The molecule has 0 atom stereocenters. The first kappa shape index (κ1) is 22.7. The van der Waals surface area contributed by atoms with Crippen LogP contribution in [0.15, 0.2) is 42.5 Å². The number of carbonyl (C=O) groups excluding carboxylic acids is 1. The number of anilines is 2. The second-order valence-electron chi connectivity index (χ2n) is 7.18. The van der Waals surface area contributed by atoms with Gasteiger partial charge in [0.15, 0.2) is 0 Å². The van der Waals surface area contributed by atoms with E-state index >= 15 is 0 Å². The Bertz CT molecular complexity index is 936. The molecular formula is C22H31N3O3S. The lowest BCUT2D eigenvalue weighted by Crippen LogP contribution is -2.40. The van der Waals surface area contributed by atoms with Crippen LogP contribution in [0.4, 0.5) is 11.4 Å². The van der Waals surface area contributed by atoms with E-state index in [1.165, 1.54) is 0 Å². The molecule has 1 N–H and O–H groups in total. The van der Waals surface area contributed by atoms with Gasteiger partial charge in [-0.1, -0.05) is 24.3 Å². The van der Waals surface area contributed by atoms with Gasteiger partial charge in [-0.25, -0.2) is 8.42 Å². The lowest BCUT2D eigenvalue weighted by molar-refractivity contribution is -0.119. The lowest BCUT2D eigenvalue weighted by Gasteiger charge is -2.24. The summed E-state index contributed by atoms with van der Waals surface area (Å²) in [7, 11) is -3.59. The van der Waals surface area contributed by atoms with Crippen LogP contribution in [-0.4, -0.2) is 40.2 Å². The Hall–Kier alpha value is -2.54. The summed E-state index contributed by atoms with van der Waals surface area (Å²) < 4.78 is 25.8. The van der Waals surface area contributed by atoms with Crippen LogP contribution < -0.4 is 14.5 Å². The molecule has 2 aromatic rings. The van der Waals surface area contributed by atoms with Crippen LogP contribution in [0.1, 0.15) is 30.5 Å². The first-order valence-electron chi connectivity index (χ1n) is 9.81. The summed E-state index contributed by atoms with van der Waals surface area (Å²) in [5, 5.41) is 2.82. The molecular weight excluding hydrogens is 386 g/mol. The monoisotopic (exact) mass is 417 g/mol. The zero-order chi connectivity index (χ0) is 21.6. The highest BCUT2D eigenvalue weighted by Gasteiger charge is 2.22. The summed E-state index contributed by atoms with van der Waals surface area (Å²) in [6.45, 7) is 9.93. The Morgan fingerprint density at radius 1 is 1.00 bits per heavy atom. The summed E-state index contributed by atoms with van der Waals surface area (Å²) in [4.78, 5) is 14.7. The van der Waals surface area contributed by atoms with E-state index in [9.17, 15) is 13.2 Å². The van der Waals surface area contributed by atoms with Crippen molar-refractivity contribution in [2.75, 3.05) is 35.1 Å². The summed E-state index contributed by atoms with van der Waals surface area (Å²) in [6.07, 6.45) is 1.12. The molecule has 6 nitrogen and oxygen atoms in total. The Labute approximate surface area is 174 Å². The van der Waals surface area contributed by atoms with Gasteiger partial charge in [-0.15, -0.1) is 0 Å². The van der Waals surface area contributed by atoms with E-state index in [1.54, 1.807) is 6.07 Å². The number of nitrogens with zero attached hydrogens (tertiary/aromatic N) is 2. The van der Waals surface area contributed by atoms with Gasteiger partial charge >= 0.3 is 0 Å². The summed E-state index contributed by atoms with van der Waals surface area (Å²) in [5.41, 5.74) is 4.38. The minimum absolute atomic E-state index is 0.249. The molecule has 0 fully saturated rings. The van der Waals surface area contributed by atoms with Crippen molar-refractivity contribution < 1.29 is 13.2 Å². The number of sulfonamides is 1. The van der Waals surface area contributed by atoms with Crippen LogP contribution in [0.2, 0.25) is 0 Å². The number of hydrogen-bond acceptors (Lipinski definition) is 4. The second-order valence-corrected chi connectivity index (χ2v) is 9.08. The number of amides is 1. The van der Waals surface area contributed by atoms with Crippen LogP contribution in [0, 0.1) is 13.8 Å². The molecule has 0 aliphatic rings. The minimum atomic E-state index is -3.59. The zero-order valence-electron chi connectivity index (χ0n) is 17.9. The fraction of sp³-hybridized carbons (Fsp3) is 0.409. The molecule has 0 bridgehead atoms. The first-order valence-corrected chi connectivity index (χ1v) is 11.7. The average Bonchev–Trinajstić information content (AvgIpc) is 2.67. The van der Waals surface area contributed by atoms with Crippen molar-refractivity contribution in [2.45, 2.75) is 34.2 Å². The van der Waals surface area contributed by atoms with E-state index < -0.39 is 10.0 Å². The van der Waals surface area contributed by atoms with Crippen molar-refractivity contribution in [3.63, 3.8) is 0 Å². The number of rotatable bonds is 9. The summed E-state index contributed by atoms with van der Waals surface area (Å²) in [6, 6.07) is 13.6. The van der Waals surface area contributed by atoms with E-state index in [1.807, 2.05) is 50.2 Å². The third-order valence-corrected chi connectivity index (χ3v) is 6.00. The molecule has 0 unspecified atom stereocenters. The maximum Gasteiger partial charge on any atom is 0.241 e. The largest absolute Gasteiger partial charge is 0.372 e. The molecule has 158 valence electrons. The van der Waals surface area contributed by atoms with Crippen molar-refractivity contribution >= 4 is 27.3 Å². The fourth-order valence-corrected chi connectivity index (χ4v) is 4.08. The average molecular weight is 418 g/mol. The van der Waals surface area contributed by atoms with Gasteiger partial charge in [-0.2, -0.15) is 0 Å². The predicted octanol–water partition coefficient (Wildman–Crippen LogP) is 3.23. The molecule has 2 aromatic carbocycles. The van der Waals surface area contributed by atoms with Gasteiger partial charge in [0, 0.05) is 25.3 Å². The maximum absolute atomic E-state index is 12.5. The summed E-state index contributed by atoms with van der Waals surface area (Å²) >= 11 is 0. The molecule has 0 heterocycles. The summed E-state index contributed by atoms with van der Waals surface area (Å²) in [5.74, 6) is -0.343. The van der Waals surface area contributed by atoms with Gasteiger partial charge in [0.05, 0.1) is 11.9 Å². The molecule has 29 heavy (non-hydrogen) atoms. The highest BCUT2D eigenvalue weighted by Crippen LogP contribution is 2.23. The molecule has 1 amide bonds. The van der Waals surface area contributed by atoms with Crippen LogP contribution in [0.3, 0.4) is 0 Å². The SMILES string of the molecule is CCN(CC)c1ccc(CNC(=O)CN(c2cc(C)ccc2C)S(C)(=O)=O)cc1. The van der Waals surface area contributed by atoms with Crippen molar-refractivity contribution in [1.82, 2.24) is 5.32 Å². The number of hydrogen-bond donors (Lipinski definition) is 1. The van der Waals surface area contributed by atoms with Gasteiger partial charge in [0.1, 0.15) is 6.54 Å². The first-order chi connectivity index (χ1) is 13.7. The van der Waals surface area contributed by atoms with E-state index in [-0.39, 0.29) is 12.5 Å². The molecule has 0 radical (unpaired) electrons. The topological polar surface area (TPSA) is 69.7 Å². The number of aryl methyl sites for hydroxylation is 2. The number of nitrogens with one attached hydrogen (secondary N) is 1. The number of benzene rings is 2. The van der Waals surface area contributed by atoms with Gasteiger partial charge in [-0.05, 0) is 62.6 Å². The highest BCUT2D eigenvalue weighted by atomic mass is 32.2. The Morgan fingerprint density at radius 3 is 2.17 bits per heavy atom. The van der Waals surface area contributed by atoms with Gasteiger partial charge in [-0.3, -0.25) is 9.10 Å². The number of carbonyl (C=O) groups is 1. The standard InChI is InChI=1S/C22H31N3O3S/c1-6-24(7-2)20-12-10-19(11-13-20)15-23-22(26)16-25(29(5,27)28)21-14-17(3)8-9-18(21)4/h8-14H,6-7,15-16H2,1-5H3,(H,23,26). The van der Waals surface area contributed by atoms with Crippen molar-refractivity contribution in [3.05, 3.63) is 59.2 Å². The molecule has 0 aliphatic heterocycles. The van der Waals surface area contributed by atoms with E-state index in [2.05, 4.69) is 24.1 Å². The Morgan fingerprint density at radius 2 is 1.62 bits per heavy atom. The van der Waals surface area contributed by atoms with Crippen LogP contribution in [0.25, 0.3) is 0 Å². The molecule has 0 saturated heterocycles. The van der Waals surface area contributed by atoms with Gasteiger partial charge in [0.2, 0.25) is 15.9 Å². The van der Waals surface area contributed by atoms with Crippen LogP contribution >= 0.6 is 0 Å². The van der Waals surface area contributed by atoms with Gasteiger partial charge in [0.25, 0.3) is 0 Å². The third kappa shape index (κ3) is 6.22. The maximum atomic E-state index is 12.5. The fourth-order valence-electron chi connectivity index (χ4n) is 3.17. The third-order valence-electron chi connectivity index (χ3n) is 4.88. The molecule has 0 aliphatic carbocycles. The Balaban J connectivity index is 2.07. The Kier molecular flexibility index (Phi) is 7.67. The lowest BCUT2D eigenvalue weighted by atomic mass is 10.1. The normalized spacial score (nSPS) is 11.2. The molecule has 0 aromatic heterocycles.